The Kier molecular flexibility index (Phi) is 4.62. The van der Waals surface area contributed by atoms with Gasteiger partial charge in [-0.2, -0.15) is 10.4 Å². The Bertz CT molecular complexity index is 1060. The summed E-state index contributed by atoms with van der Waals surface area (Å²) >= 11 is 12.1. The van der Waals surface area contributed by atoms with Crippen molar-refractivity contribution in [3.8, 4) is 17.3 Å². The Morgan fingerprint density at radius 3 is 2.72 bits per heavy atom. The lowest BCUT2D eigenvalue weighted by atomic mass is 10.1. The summed E-state index contributed by atoms with van der Waals surface area (Å²) in [6.07, 6.45) is 0. The highest BCUT2D eigenvalue weighted by molar-refractivity contribution is 6.36. The Morgan fingerprint density at radius 1 is 1.28 bits per heavy atom. The summed E-state index contributed by atoms with van der Waals surface area (Å²) in [5.74, 6) is 0.419. The van der Waals surface area contributed by atoms with Crippen LogP contribution in [0, 0.1) is 25.2 Å². The second-order valence-electron chi connectivity index (χ2n) is 5.46. The van der Waals surface area contributed by atoms with Crippen LogP contribution in [0.4, 0.5) is 0 Å². The van der Waals surface area contributed by atoms with Gasteiger partial charge in [0, 0.05) is 16.7 Å². The molecule has 2 heterocycles. The van der Waals surface area contributed by atoms with Crippen molar-refractivity contribution in [2.45, 2.75) is 20.4 Å². The van der Waals surface area contributed by atoms with Gasteiger partial charge in [-0.05, 0) is 37.6 Å². The smallest absolute Gasteiger partial charge is 0.285 e. The molecule has 2 aromatic heterocycles. The molecule has 25 heavy (non-hydrogen) atoms. The van der Waals surface area contributed by atoms with E-state index in [0.717, 1.165) is 0 Å². The van der Waals surface area contributed by atoms with Crippen LogP contribution in [0.25, 0.3) is 11.3 Å². The predicted molar refractivity (Wildman–Crippen MR) is 93.7 cm³/mol. The molecule has 3 rings (SSSR count). The molecular weight excluding hydrogens is 363 g/mol. The molecular formula is C17H12Cl2N4O2. The Balaban J connectivity index is 1.96. The van der Waals surface area contributed by atoms with Gasteiger partial charge in [-0.1, -0.05) is 28.4 Å². The lowest BCUT2D eigenvalue weighted by Crippen LogP contribution is -2.27. The van der Waals surface area contributed by atoms with E-state index in [1.807, 2.05) is 6.07 Å². The normalized spacial score (nSPS) is 10.7. The molecule has 0 amide bonds. The summed E-state index contributed by atoms with van der Waals surface area (Å²) in [4.78, 5) is 12.3. The van der Waals surface area contributed by atoms with E-state index in [9.17, 15) is 4.79 Å². The molecule has 0 aliphatic carbocycles. The number of rotatable bonds is 3. The van der Waals surface area contributed by atoms with Gasteiger partial charge in [0.2, 0.25) is 0 Å². The highest BCUT2D eigenvalue weighted by Gasteiger charge is 2.15. The molecule has 0 saturated heterocycles. The monoisotopic (exact) mass is 374 g/mol. The zero-order chi connectivity index (χ0) is 18.1. The van der Waals surface area contributed by atoms with Crippen molar-refractivity contribution >= 4 is 23.2 Å². The third-order valence-electron chi connectivity index (χ3n) is 3.82. The van der Waals surface area contributed by atoms with E-state index < -0.39 is 5.56 Å². The number of aromatic nitrogens is 3. The van der Waals surface area contributed by atoms with Crippen LogP contribution >= 0.6 is 23.2 Å². The minimum Gasteiger partial charge on any atom is -0.359 e. The van der Waals surface area contributed by atoms with Crippen LogP contribution in [0.2, 0.25) is 10.0 Å². The SMILES string of the molecule is Cc1nn(Cc2cc(-c3ccc(Cl)cc3Cl)no2)c(=O)c(C#N)c1C. The van der Waals surface area contributed by atoms with Crippen molar-refractivity contribution in [2.75, 3.05) is 0 Å². The molecule has 0 aliphatic heterocycles. The third-order valence-corrected chi connectivity index (χ3v) is 4.37. The first-order valence-electron chi connectivity index (χ1n) is 7.30. The maximum absolute atomic E-state index is 12.3. The van der Waals surface area contributed by atoms with Crippen LogP contribution in [0.1, 0.15) is 22.6 Å². The molecule has 6 nitrogen and oxygen atoms in total. The Labute approximate surface area is 153 Å². The standard InChI is InChI=1S/C17H12Cl2N4O2/c1-9-10(2)21-23(17(24)14(9)7-20)8-12-6-16(22-25-12)13-4-3-11(18)5-15(13)19/h3-6H,8H2,1-2H3. The van der Waals surface area contributed by atoms with Gasteiger partial charge in [0.15, 0.2) is 5.76 Å². The zero-order valence-corrected chi connectivity index (χ0v) is 14.9. The van der Waals surface area contributed by atoms with E-state index in [1.165, 1.54) is 4.68 Å². The molecule has 0 N–H and O–H groups in total. The van der Waals surface area contributed by atoms with Crippen molar-refractivity contribution in [2.24, 2.45) is 0 Å². The maximum atomic E-state index is 12.3. The zero-order valence-electron chi connectivity index (χ0n) is 13.4. The number of benzene rings is 1. The van der Waals surface area contributed by atoms with Crippen LogP contribution in [0.3, 0.4) is 0 Å². The van der Waals surface area contributed by atoms with E-state index in [1.54, 1.807) is 38.1 Å². The number of hydrogen-bond acceptors (Lipinski definition) is 5. The number of halogens is 2. The number of nitriles is 1. The summed E-state index contributed by atoms with van der Waals surface area (Å²) in [6, 6.07) is 8.65. The highest BCUT2D eigenvalue weighted by Crippen LogP contribution is 2.30. The minimum atomic E-state index is -0.465. The van der Waals surface area contributed by atoms with Crippen molar-refractivity contribution in [1.82, 2.24) is 14.9 Å². The fourth-order valence-corrected chi connectivity index (χ4v) is 2.88. The van der Waals surface area contributed by atoms with Crippen LogP contribution in [-0.4, -0.2) is 14.9 Å². The summed E-state index contributed by atoms with van der Waals surface area (Å²) in [5, 5.41) is 18.3. The quantitative estimate of drug-likeness (QED) is 0.696. The first-order valence-corrected chi connectivity index (χ1v) is 8.05. The third kappa shape index (κ3) is 3.29. The summed E-state index contributed by atoms with van der Waals surface area (Å²) in [6.45, 7) is 3.50. The Hall–Kier alpha value is -2.62. The molecule has 8 heteroatoms. The van der Waals surface area contributed by atoms with Gasteiger partial charge >= 0.3 is 0 Å². The lowest BCUT2D eigenvalue weighted by Gasteiger charge is -2.06. The van der Waals surface area contributed by atoms with Crippen molar-refractivity contribution in [3.63, 3.8) is 0 Å². The van der Waals surface area contributed by atoms with E-state index in [2.05, 4.69) is 10.3 Å². The largest absolute Gasteiger partial charge is 0.359 e. The number of hydrogen-bond donors (Lipinski definition) is 0. The van der Waals surface area contributed by atoms with Gasteiger partial charge in [-0.25, -0.2) is 4.68 Å². The van der Waals surface area contributed by atoms with Crippen molar-refractivity contribution in [3.05, 3.63) is 67.2 Å². The first-order chi connectivity index (χ1) is 11.9. The summed E-state index contributed by atoms with van der Waals surface area (Å²) in [5.41, 5.74) is 1.99. The van der Waals surface area contributed by atoms with E-state index in [0.29, 0.717) is 38.3 Å². The lowest BCUT2D eigenvalue weighted by molar-refractivity contribution is 0.369. The van der Waals surface area contributed by atoms with E-state index >= 15 is 0 Å². The van der Waals surface area contributed by atoms with Crippen molar-refractivity contribution < 1.29 is 4.52 Å². The molecule has 0 unspecified atom stereocenters. The molecule has 0 saturated carbocycles. The average molecular weight is 375 g/mol. The summed E-state index contributed by atoms with van der Waals surface area (Å²) in [7, 11) is 0. The maximum Gasteiger partial charge on any atom is 0.285 e. The van der Waals surface area contributed by atoms with Crippen molar-refractivity contribution in [1.29, 1.82) is 5.26 Å². The molecule has 0 radical (unpaired) electrons. The Morgan fingerprint density at radius 2 is 2.04 bits per heavy atom. The number of aryl methyl sites for hydroxylation is 1. The van der Waals surface area contributed by atoms with Gasteiger partial charge in [0.05, 0.1) is 10.7 Å². The molecule has 0 atom stereocenters. The second kappa shape index (κ2) is 6.71. The fourth-order valence-electron chi connectivity index (χ4n) is 2.37. The van der Waals surface area contributed by atoms with Gasteiger partial charge in [0.1, 0.15) is 23.9 Å². The number of nitrogens with zero attached hydrogens (tertiary/aromatic N) is 4. The van der Waals surface area contributed by atoms with Gasteiger partial charge in [-0.15, -0.1) is 0 Å². The molecule has 3 aromatic rings. The van der Waals surface area contributed by atoms with Crippen LogP contribution in [0.5, 0.6) is 0 Å². The predicted octanol–water partition coefficient (Wildman–Crippen LogP) is 3.74. The molecule has 0 aliphatic rings. The topological polar surface area (TPSA) is 84.7 Å². The molecule has 0 bridgehead atoms. The highest BCUT2D eigenvalue weighted by atomic mass is 35.5. The summed E-state index contributed by atoms with van der Waals surface area (Å²) < 4.78 is 6.47. The average Bonchev–Trinajstić information content (AvgIpc) is 3.01. The molecule has 126 valence electrons. The van der Waals surface area contributed by atoms with Crippen LogP contribution in [0.15, 0.2) is 33.6 Å². The van der Waals surface area contributed by atoms with Gasteiger partial charge in [-0.3, -0.25) is 4.79 Å². The molecule has 1 aromatic carbocycles. The van der Waals surface area contributed by atoms with E-state index in [-0.39, 0.29) is 12.1 Å². The van der Waals surface area contributed by atoms with Gasteiger partial charge in [0.25, 0.3) is 5.56 Å². The second-order valence-corrected chi connectivity index (χ2v) is 6.31. The molecule has 0 fully saturated rings. The first kappa shape index (κ1) is 17.2. The molecule has 0 spiro atoms. The van der Waals surface area contributed by atoms with Gasteiger partial charge < -0.3 is 4.52 Å². The fraction of sp³-hybridized carbons (Fsp3) is 0.176. The van der Waals surface area contributed by atoms with Crippen LogP contribution in [-0.2, 0) is 6.54 Å². The van der Waals surface area contributed by atoms with Crippen LogP contribution < -0.4 is 5.56 Å². The minimum absolute atomic E-state index is 0.0623. The van der Waals surface area contributed by atoms with E-state index in [4.69, 9.17) is 33.0 Å².